The molecule has 2 aromatic rings. The Kier molecular flexibility index (Phi) is 3.16. The van der Waals surface area contributed by atoms with Crippen LogP contribution in [0.2, 0.25) is 0 Å². The molecule has 2 N–H and O–H groups in total. The largest absolute Gasteiger partial charge is 0.330 e. The molecule has 0 atom stereocenters. The molecule has 7 heteroatoms. The van der Waals surface area contributed by atoms with Crippen molar-refractivity contribution in [3.8, 4) is 11.5 Å². The number of tetrazole rings is 1. The Morgan fingerprint density at radius 3 is 2.94 bits per heavy atom. The topological polar surface area (TPSA) is 82.5 Å². The van der Waals surface area contributed by atoms with Crippen LogP contribution in [-0.2, 0) is 6.54 Å². The van der Waals surface area contributed by atoms with E-state index in [-0.39, 0.29) is 5.82 Å². The van der Waals surface area contributed by atoms with E-state index in [2.05, 4.69) is 20.5 Å². The summed E-state index contributed by atoms with van der Waals surface area (Å²) in [6, 6.07) is 2.87. The van der Waals surface area contributed by atoms with Gasteiger partial charge in [0.2, 0.25) is 5.82 Å². The van der Waals surface area contributed by atoms with Crippen molar-refractivity contribution in [2.45, 2.75) is 13.0 Å². The number of hydrogen-bond acceptors (Lipinski definition) is 5. The van der Waals surface area contributed by atoms with E-state index < -0.39 is 0 Å². The average Bonchev–Trinajstić information content (AvgIpc) is 2.75. The van der Waals surface area contributed by atoms with Crippen molar-refractivity contribution < 1.29 is 4.39 Å². The van der Waals surface area contributed by atoms with Gasteiger partial charge in [-0.1, -0.05) is 0 Å². The van der Waals surface area contributed by atoms with Gasteiger partial charge in [0.1, 0.15) is 11.5 Å². The van der Waals surface area contributed by atoms with Gasteiger partial charge >= 0.3 is 0 Å². The first-order valence-electron chi connectivity index (χ1n) is 4.89. The van der Waals surface area contributed by atoms with Crippen LogP contribution in [0.15, 0.2) is 18.3 Å². The standard InChI is InChI=1S/C9H11FN6/c10-7-2-3-8(12-6-7)9-13-14-15-16(9)5-1-4-11/h2-3,6H,1,4-5,11H2. The Bertz CT molecular complexity index is 451. The van der Waals surface area contributed by atoms with Gasteiger partial charge in [-0.25, -0.2) is 14.1 Å². The van der Waals surface area contributed by atoms with Gasteiger partial charge in [-0.05, 0) is 35.5 Å². The molecule has 2 heterocycles. The van der Waals surface area contributed by atoms with Crippen LogP contribution in [0.3, 0.4) is 0 Å². The van der Waals surface area contributed by atoms with Gasteiger partial charge in [0, 0.05) is 6.54 Å². The monoisotopic (exact) mass is 222 g/mol. The van der Waals surface area contributed by atoms with Crippen LogP contribution in [0, 0.1) is 5.82 Å². The summed E-state index contributed by atoms with van der Waals surface area (Å²) in [4.78, 5) is 3.92. The second-order valence-electron chi connectivity index (χ2n) is 3.23. The van der Waals surface area contributed by atoms with Crippen molar-refractivity contribution in [1.29, 1.82) is 0 Å². The van der Waals surface area contributed by atoms with Gasteiger partial charge in [-0.2, -0.15) is 0 Å². The van der Waals surface area contributed by atoms with E-state index in [4.69, 9.17) is 5.73 Å². The van der Waals surface area contributed by atoms with Gasteiger partial charge in [0.15, 0.2) is 0 Å². The van der Waals surface area contributed by atoms with Crippen LogP contribution in [0.5, 0.6) is 0 Å². The lowest BCUT2D eigenvalue weighted by Gasteiger charge is -2.02. The number of aromatic nitrogens is 5. The maximum Gasteiger partial charge on any atom is 0.200 e. The molecule has 0 aliphatic rings. The van der Waals surface area contributed by atoms with Gasteiger partial charge in [0.05, 0.1) is 6.20 Å². The lowest BCUT2D eigenvalue weighted by Crippen LogP contribution is -2.08. The summed E-state index contributed by atoms with van der Waals surface area (Å²) in [5.74, 6) is 0.137. The molecular formula is C9H11FN6. The summed E-state index contributed by atoms with van der Waals surface area (Å²) in [7, 11) is 0. The Balaban J connectivity index is 2.26. The normalized spacial score (nSPS) is 10.6. The van der Waals surface area contributed by atoms with Crippen molar-refractivity contribution in [3.05, 3.63) is 24.1 Å². The van der Waals surface area contributed by atoms with Crippen LogP contribution in [0.25, 0.3) is 11.5 Å². The number of nitrogens with two attached hydrogens (primary N) is 1. The highest BCUT2D eigenvalue weighted by atomic mass is 19.1. The van der Waals surface area contributed by atoms with Gasteiger partial charge in [-0.15, -0.1) is 5.10 Å². The lowest BCUT2D eigenvalue weighted by molar-refractivity contribution is 0.567. The minimum absolute atomic E-state index is 0.385. The molecule has 0 aromatic carbocycles. The number of rotatable bonds is 4. The van der Waals surface area contributed by atoms with Crippen LogP contribution in [0.4, 0.5) is 4.39 Å². The maximum absolute atomic E-state index is 12.7. The van der Waals surface area contributed by atoms with Gasteiger partial charge < -0.3 is 5.73 Å². The Hall–Kier alpha value is -1.89. The Labute approximate surface area is 91.3 Å². The zero-order valence-electron chi connectivity index (χ0n) is 8.54. The summed E-state index contributed by atoms with van der Waals surface area (Å²) in [6.45, 7) is 1.19. The first-order chi connectivity index (χ1) is 7.81. The van der Waals surface area contributed by atoms with Crippen LogP contribution < -0.4 is 5.73 Å². The predicted molar refractivity (Wildman–Crippen MR) is 54.7 cm³/mol. The zero-order valence-corrected chi connectivity index (χ0v) is 8.54. The second kappa shape index (κ2) is 4.75. The molecule has 0 fully saturated rings. The Morgan fingerprint density at radius 2 is 2.25 bits per heavy atom. The van der Waals surface area contributed by atoms with Gasteiger partial charge in [-0.3, -0.25) is 0 Å². The van der Waals surface area contributed by atoms with Crippen LogP contribution >= 0.6 is 0 Å². The molecular weight excluding hydrogens is 211 g/mol. The molecule has 0 saturated carbocycles. The zero-order chi connectivity index (χ0) is 11.4. The van der Waals surface area contributed by atoms with Crippen molar-refractivity contribution >= 4 is 0 Å². The molecule has 2 aromatic heterocycles. The average molecular weight is 222 g/mol. The Morgan fingerprint density at radius 1 is 1.38 bits per heavy atom. The lowest BCUT2D eigenvalue weighted by atomic mass is 10.3. The van der Waals surface area contributed by atoms with Crippen molar-refractivity contribution in [2.75, 3.05) is 6.54 Å². The molecule has 0 radical (unpaired) electrons. The highest BCUT2D eigenvalue weighted by Gasteiger charge is 2.09. The van der Waals surface area contributed by atoms with Crippen molar-refractivity contribution in [1.82, 2.24) is 25.2 Å². The fourth-order valence-corrected chi connectivity index (χ4v) is 1.29. The quantitative estimate of drug-likeness (QED) is 0.800. The molecule has 16 heavy (non-hydrogen) atoms. The van der Waals surface area contributed by atoms with E-state index in [1.54, 1.807) is 10.7 Å². The molecule has 0 aliphatic heterocycles. The van der Waals surface area contributed by atoms with E-state index in [0.717, 1.165) is 12.6 Å². The van der Waals surface area contributed by atoms with Crippen LogP contribution in [0.1, 0.15) is 6.42 Å². The first-order valence-corrected chi connectivity index (χ1v) is 4.89. The molecule has 2 rings (SSSR count). The maximum atomic E-state index is 12.7. The highest BCUT2D eigenvalue weighted by Crippen LogP contribution is 2.12. The summed E-state index contributed by atoms with van der Waals surface area (Å²) in [6.07, 6.45) is 1.91. The van der Waals surface area contributed by atoms with E-state index in [0.29, 0.717) is 24.6 Å². The second-order valence-corrected chi connectivity index (χ2v) is 3.23. The molecule has 0 amide bonds. The molecule has 0 spiro atoms. The minimum atomic E-state index is -0.385. The van der Waals surface area contributed by atoms with Crippen LogP contribution in [-0.4, -0.2) is 31.7 Å². The van der Waals surface area contributed by atoms with E-state index >= 15 is 0 Å². The number of pyridine rings is 1. The molecule has 84 valence electrons. The number of nitrogens with zero attached hydrogens (tertiary/aromatic N) is 5. The molecule has 0 unspecified atom stereocenters. The van der Waals surface area contributed by atoms with Crippen molar-refractivity contribution in [3.63, 3.8) is 0 Å². The smallest absolute Gasteiger partial charge is 0.200 e. The minimum Gasteiger partial charge on any atom is -0.330 e. The summed E-state index contributed by atoms with van der Waals surface area (Å²) in [5, 5.41) is 11.2. The van der Waals surface area contributed by atoms with Gasteiger partial charge in [0.25, 0.3) is 0 Å². The highest BCUT2D eigenvalue weighted by molar-refractivity contribution is 5.47. The third-order valence-corrected chi connectivity index (χ3v) is 2.06. The van der Waals surface area contributed by atoms with Crippen molar-refractivity contribution in [2.24, 2.45) is 5.73 Å². The third-order valence-electron chi connectivity index (χ3n) is 2.06. The molecule has 0 bridgehead atoms. The fraction of sp³-hybridized carbons (Fsp3) is 0.333. The van der Waals surface area contributed by atoms with E-state index in [9.17, 15) is 4.39 Å². The summed E-state index contributed by atoms with van der Waals surface area (Å²) < 4.78 is 14.3. The van der Waals surface area contributed by atoms with E-state index in [1.165, 1.54) is 6.07 Å². The van der Waals surface area contributed by atoms with E-state index in [1.807, 2.05) is 0 Å². The molecule has 0 saturated heterocycles. The number of halogens is 1. The molecule has 0 aliphatic carbocycles. The third kappa shape index (κ3) is 2.19. The predicted octanol–water partition coefficient (Wildman–Crippen LogP) is 0.223. The SMILES string of the molecule is NCCCn1nnnc1-c1ccc(F)cn1. The summed E-state index contributed by atoms with van der Waals surface area (Å²) in [5.41, 5.74) is 5.95. The molecule has 6 nitrogen and oxygen atoms in total. The first kappa shape index (κ1) is 10.6. The number of hydrogen-bond donors (Lipinski definition) is 1. The number of aryl methyl sites for hydroxylation is 1. The summed E-state index contributed by atoms with van der Waals surface area (Å²) >= 11 is 0. The fourth-order valence-electron chi connectivity index (χ4n) is 1.29.